The molecule has 2 rings (SSSR count). The van der Waals surface area contributed by atoms with Gasteiger partial charge in [0.05, 0.1) is 12.2 Å². The lowest BCUT2D eigenvalue weighted by atomic mass is 9.94. The van der Waals surface area contributed by atoms with Crippen LogP contribution in [0.15, 0.2) is 24.3 Å². The number of rotatable bonds is 7. The van der Waals surface area contributed by atoms with Crippen LogP contribution >= 0.6 is 0 Å². The van der Waals surface area contributed by atoms with Crippen LogP contribution in [0.2, 0.25) is 0 Å². The lowest BCUT2D eigenvalue weighted by molar-refractivity contribution is 0.125. The molecule has 0 saturated heterocycles. The third-order valence-electron chi connectivity index (χ3n) is 4.59. The van der Waals surface area contributed by atoms with E-state index in [-0.39, 0.29) is 12.2 Å². The minimum Gasteiger partial charge on any atom is -0.491 e. The van der Waals surface area contributed by atoms with Crippen LogP contribution in [-0.2, 0) is 0 Å². The Kier molecular flexibility index (Phi) is 6.71. The van der Waals surface area contributed by atoms with E-state index in [9.17, 15) is 5.11 Å². The molecular formula is C19H31NO2. The molecule has 0 aliphatic heterocycles. The molecular weight excluding hydrogens is 274 g/mol. The smallest absolute Gasteiger partial charge is 0.119 e. The predicted molar refractivity (Wildman–Crippen MR) is 91.3 cm³/mol. The summed E-state index contributed by atoms with van der Waals surface area (Å²) in [4.78, 5) is 2.43. The molecule has 0 amide bonds. The van der Waals surface area contributed by atoms with Gasteiger partial charge in [0.25, 0.3) is 0 Å². The van der Waals surface area contributed by atoms with E-state index in [1.54, 1.807) is 0 Å². The summed E-state index contributed by atoms with van der Waals surface area (Å²) in [5, 5.41) is 10.4. The van der Waals surface area contributed by atoms with E-state index < -0.39 is 0 Å². The van der Waals surface area contributed by atoms with Gasteiger partial charge in [0.1, 0.15) is 5.75 Å². The van der Waals surface area contributed by atoms with Crippen LogP contribution in [0.3, 0.4) is 0 Å². The van der Waals surface area contributed by atoms with E-state index in [1.807, 2.05) is 38.1 Å². The molecule has 3 nitrogen and oxygen atoms in total. The highest BCUT2D eigenvalue weighted by Crippen LogP contribution is 2.24. The van der Waals surface area contributed by atoms with Crippen molar-refractivity contribution >= 4 is 0 Å². The van der Waals surface area contributed by atoms with Gasteiger partial charge in [-0.15, -0.1) is 0 Å². The van der Waals surface area contributed by atoms with Crippen molar-refractivity contribution in [2.45, 2.75) is 70.6 Å². The first-order valence-electron chi connectivity index (χ1n) is 8.71. The first-order chi connectivity index (χ1) is 10.6. The van der Waals surface area contributed by atoms with Crippen LogP contribution in [0.25, 0.3) is 0 Å². The SMILES string of the molecule is CC(C)Oc1ccc(C(O)CCN(C)C2CCCCC2)cc1. The maximum atomic E-state index is 10.4. The molecule has 0 spiro atoms. The van der Waals surface area contributed by atoms with Gasteiger partial charge in [0.2, 0.25) is 0 Å². The molecule has 0 heterocycles. The van der Waals surface area contributed by atoms with Gasteiger partial charge in [-0.05, 0) is 57.9 Å². The molecule has 0 bridgehead atoms. The van der Waals surface area contributed by atoms with Crippen molar-refractivity contribution in [3.63, 3.8) is 0 Å². The van der Waals surface area contributed by atoms with E-state index in [0.29, 0.717) is 6.04 Å². The maximum Gasteiger partial charge on any atom is 0.119 e. The van der Waals surface area contributed by atoms with Crippen LogP contribution in [0.5, 0.6) is 5.75 Å². The standard InChI is InChI=1S/C19H31NO2/c1-15(2)22-18-11-9-16(10-12-18)19(21)13-14-20(3)17-7-5-4-6-8-17/h9-12,15,17,19,21H,4-8,13-14H2,1-3H3. The van der Waals surface area contributed by atoms with Crippen molar-refractivity contribution < 1.29 is 9.84 Å². The first kappa shape index (κ1) is 17.3. The second-order valence-electron chi connectivity index (χ2n) is 6.81. The molecule has 124 valence electrons. The zero-order valence-corrected chi connectivity index (χ0v) is 14.3. The highest BCUT2D eigenvalue weighted by atomic mass is 16.5. The second kappa shape index (κ2) is 8.54. The van der Waals surface area contributed by atoms with E-state index in [1.165, 1.54) is 32.1 Å². The van der Waals surface area contributed by atoms with Gasteiger partial charge in [-0.25, -0.2) is 0 Å². The van der Waals surface area contributed by atoms with E-state index in [2.05, 4.69) is 11.9 Å². The Bertz CT molecular complexity index is 424. The summed E-state index contributed by atoms with van der Waals surface area (Å²) in [6.45, 7) is 4.99. The minimum absolute atomic E-state index is 0.180. The van der Waals surface area contributed by atoms with Crippen LogP contribution in [0, 0.1) is 0 Å². The average molecular weight is 305 g/mol. The molecule has 1 atom stereocenters. The van der Waals surface area contributed by atoms with Gasteiger partial charge in [-0.1, -0.05) is 31.4 Å². The minimum atomic E-state index is -0.390. The number of benzene rings is 1. The van der Waals surface area contributed by atoms with Crippen molar-refractivity contribution in [1.29, 1.82) is 0 Å². The molecule has 0 radical (unpaired) electrons. The third-order valence-corrected chi connectivity index (χ3v) is 4.59. The number of ether oxygens (including phenoxy) is 1. The topological polar surface area (TPSA) is 32.7 Å². The van der Waals surface area contributed by atoms with Crippen molar-refractivity contribution in [2.24, 2.45) is 0 Å². The molecule has 1 saturated carbocycles. The number of nitrogens with zero attached hydrogens (tertiary/aromatic N) is 1. The monoisotopic (exact) mass is 305 g/mol. The zero-order valence-electron chi connectivity index (χ0n) is 14.3. The van der Waals surface area contributed by atoms with E-state index in [0.717, 1.165) is 24.3 Å². The van der Waals surface area contributed by atoms with Gasteiger partial charge in [0, 0.05) is 12.6 Å². The van der Waals surface area contributed by atoms with Crippen molar-refractivity contribution in [1.82, 2.24) is 4.90 Å². The van der Waals surface area contributed by atoms with Crippen LogP contribution in [-0.4, -0.2) is 35.7 Å². The molecule has 1 fully saturated rings. The van der Waals surface area contributed by atoms with Crippen LogP contribution in [0.1, 0.15) is 64.0 Å². The molecule has 22 heavy (non-hydrogen) atoms. The van der Waals surface area contributed by atoms with Crippen LogP contribution < -0.4 is 4.74 Å². The lowest BCUT2D eigenvalue weighted by Gasteiger charge is -2.31. The summed E-state index contributed by atoms with van der Waals surface area (Å²) in [6.07, 6.45) is 7.31. The molecule has 1 N–H and O–H groups in total. The average Bonchev–Trinajstić information content (AvgIpc) is 2.53. The van der Waals surface area contributed by atoms with Gasteiger partial charge in [-0.2, -0.15) is 0 Å². The molecule has 1 aliphatic rings. The maximum absolute atomic E-state index is 10.4. The van der Waals surface area contributed by atoms with Gasteiger partial charge in [0.15, 0.2) is 0 Å². The normalized spacial score (nSPS) is 17.9. The Morgan fingerprint density at radius 3 is 2.36 bits per heavy atom. The quantitative estimate of drug-likeness (QED) is 0.821. The van der Waals surface area contributed by atoms with E-state index in [4.69, 9.17) is 4.74 Å². The van der Waals surface area contributed by atoms with Crippen molar-refractivity contribution in [2.75, 3.05) is 13.6 Å². The highest BCUT2D eigenvalue weighted by Gasteiger charge is 2.18. The fraction of sp³-hybridized carbons (Fsp3) is 0.684. The summed E-state index contributed by atoms with van der Waals surface area (Å²) in [7, 11) is 2.20. The van der Waals surface area contributed by atoms with Crippen molar-refractivity contribution in [3.05, 3.63) is 29.8 Å². The largest absolute Gasteiger partial charge is 0.491 e. The molecule has 3 heteroatoms. The summed E-state index contributed by atoms with van der Waals surface area (Å²) in [6, 6.07) is 8.56. The fourth-order valence-electron chi connectivity index (χ4n) is 3.24. The second-order valence-corrected chi connectivity index (χ2v) is 6.81. The molecule has 1 aromatic carbocycles. The third kappa shape index (κ3) is 5.29. The van der Waals surface area contributed by atoms with Crippen molar-refractivity contribution in [3.8, 4) is 5.75 Å². The van der Waals surface area contributed by atoms with E-state index >= 15 is 0 Å². The predicted octanol–water partition coefficient (Wildman–Crippen LogP) is 4.16. The van der Waals surface area contributed by atoms with Gasteiger partial charge >= 0.3 is 0 Å². The molecule has 0 aromatic heterocycles. The highest BCUT2D eigenvalue weighted by molar-refractivity contribution is 5.28. The molecule has 1 aliphatic carbocycles. The Balaban J connectivity index is 1.79. The van der Waals surface area contributed by atoms with Crippen LogP contribution in [0.4, 0.5) is 0 Å². The van der Waals surface area contributed by atoms with Gasteiger partial charge in [-0.3, -0.25) is 0 Å². The number of hydrogen-bond donors (Lipinski definition) is 1. The summed E-state index contributed by atoms with van der Waals surface area (Å²) < 4.78 is 5.64. The Hall–Kier alpha value is -1.06. The Morgan fingerprint density at radius 2 is 1.77 bits per heavy atom. The summed E-state index contributed by atoms with van der Waals surface area (Å²) in [5.74, 6) is 0.866. The number of aliphatic hydroxyl groups is 1. The summed E-state index contributed by atoms with van der Waals surface area (Å²) >= 11 is 0. The van der Waals surface area contributed by atoms with Gasteiger partial charge < -0.3 is 14.7 Å². The number of aliphatic hydroxyl groups excluding tert-OH is 1. The zero-order chi connectivity index (χ0) is 15.9. The molecule has 1 aromatic rings. The Morgan fingerprint density at radius 1 is 1.14 bits per heavy atom. The number of hydrogen-bond acceptors (Lipinski definition) is 3. The summed E-state index contributed by atoms with van der Waals surface area (Å²) in [5.41, 5.74) is 0.980. The first-order valence-corrected chi connectivity index (χ1v) is 8.71. The fourth-order valence-corrected chi connectivity index (χ4v) is 3.24. The lowest BCUT2D eigenvalue weighted by Crippen LogP contribution is -2.34. The molecule has 1 unspecified atom stereocenters. The Labute approximate surface area is 135 Å².